The van der Waals surface area contributed by atoms with Crippen LogP contribution < -0.4 is 5.73 Å². The van der Waals surface area contributed by atoms with E-state index in [2.05, 4.69) is 0 Å². The van der Waals surface area contributed by atoms with Crippen molar-refractivity contribution in [3.05, 3.63) is 35.4 Å². The van der Waals surface area contributed by atoms with Crippen LogP contribution in [0.5, 0.6) is 0 Å². The maximum absolute atomic E-state index is 10.6. The average Bonchev–Trinajstić information content (AvgIpc) is 2.83. The van der Waals surface area contributed by atoms with Crippen LogP contribution in [0, 0.1) is 0 Å². The van der Waals surface area contributed by atoms with E-state index in [1.54, 1.807) is 18.2 Å². The van der Waals surface area contributed by atoms with Crippen molar-refractivity contribution in [2.45, 2.75) is 18.4 Å². The van der Waals surface area contributed by atoms with Gasteiger partial charge >= 0.3 is 5.97 Å². The summed E-state index contributed by atoms with van der Waals surface area (Å²) in [7, 11) is 0. The monoisotopic (exact) mass is 177 g/mol. The minimum absolute atomic E-state index is 0.226. The van der Waals surface area contributed by atoms with E-state index in [9.17, 15) is 4.79 Å². The molecule has 3 heteroatoms. The highest BCUT2D eigenvalue weighted by Crippen LogP contribution is 2.38. The first-order chi connectivity index (χ1) is 6.18. The number of aromatic carboxylic acids is 1. The van der Waals surface area contributed by atoms with E-state index in [1.807, 2.05) is 6.07 Å². The first-order valence-corrected chi connectivity index (χ1v) is 4.27. The van der Waals surface area contributed by atoms with Crippen LogP contribution in [-0.4, -0.2) is 17.1 Å². The highest BCUT2D eigenvalue weighted by molar-refractivity contribution is 5.87. The molecule has 3 N–H and O–H groups in total. The predicted molar refractivity (Wildman–Crippen MR) is 48.7 cm³/mol. The molecule has 0 spiro atoms. The Balaban J connectivity index is 2.28. The summed E-state index contributed by atoms with van der Waals surface area (Å²) in [6.07, 6.45) is 0.975. The van der Waals surface area contributed by atoms with E-state index < -0.39 is 5.97 Å². The molecule has 0 aromatic heterocycles. The average molecular weight is 177 g/mol. The summed E-state index contributed by atoms with van der Waals surface area (Å²) in [5, 5.41) is 8.75. The van der Waals surface area contributed by atoms with Gasteiger partial charge in [0.25, 0.3) is 0 Å². The fourth-order valence-corrected chi connectivity index (χ4v) is 1.50. The first kappa shape index (κ1) is 8.26. The highest BCUT2D eigenvalue weighted by atomic mass is 16.4. The SMILES string of the molecule is N[C@H]1C[C@@H]1c1cccc(C(=O)O)c1. The van der Waals surface area contributed by atoms with Gasteiger partial charge in [0.05, 0.1) is 5.56 Å². The lowest BCUT2D eigenvalue weighted by molar-refractivity contribution is 0.0697. The molecule has 68 valence electrons. The Morgan fingerprint density at radius 3 is 2.77 bits per heavy atom. The zero-order chi connectivity index (χ0) is 9.42. The molecule has 13 heavy (non-hydrogen) atoms. The smallest absolute Gasteiger partial charge is 0.335 e. The second-order valence-corrected chi connectivity index (χ2v) is 3.44. The summed E-state index contributed by atoms with van der Waals surface area (Å²) >= 11 is 0. The van der Waals surface area contributed by atoms with Gasteiger partial charge in [0, 0.05) is 12.0 Å². The minimum Gasteiger partial charge on any atom is -0.478 e. The highest BCUT2D eigenvalue weighted by Gasteiger charge is 2.34. The van der Waals surface area contributed by atoms with Crippen LogP contribution >= 0.6 is 0 Å². The summed E-state index contributed by atoms with van der Waals surface area (Å²) < 4.78 is 0. The van der Waals surface area contributed by atoms with Gasteiger partial charge in [-0.25, -0.2) is 4.79 Å². The molecule has 2 rings (SSSR count). The second-order valence-electron chi connectivity index (χ2n) is 3.44. The van der Waals surface area contributed by atoms with Crippen LogP contribution in [0.2, 0.25) is 0 Å². The summed E-state index contributed by atoms with van der Waals surface area (Å²) in [4.78, 5) is 10.6. The summed E-state index contributed by atoms with van der Waals surface area (Å²) in [5.41, 5.74) is 7.07. The van der Waals surface area contributed by atoms with Crippen LogP contribution in [-0.2, 0) is 0 Å². The molecule has 1 aliphatic rings. The quantitative estimate of drug-likeness (QED) is 0.713. The van der Waals surface area contributed by atoms with E-state index in [0.717, 1.165) is 12.0 Å². The van der Waals surface area contributed by atoms with Gasteiger partial charge in [-0.1, -0.05) is 12.1 Å². The van der Waals surface area contributed by atoms with Crippen molar-refractivity contribution in [3.63, 3.8) is 0 Å². The number of carbonyl (C=O) groups is 1. The molecule has 1 aromatic rings. The van der Waals surface area contributed by atoms with E-state index in [0.29, 0.717) is 11.5 Å². The van der Waals surface area contributed by atoms with Gasteiger partial charge in [-0.05, 0) is 24.1 Å². The number of carboxylic acids is 1. The molecule has 1 saturated carbocycles. The first-order valence-electron chi connectivity index (χ1n) is 4.27. The molecule has 0 aliphatic heterocycles. The fourth-order valence-electron chi connectivity index (χ4n) is 1.50. The van der Waals surface area contributed by atoms with Crippen molar-refractivity contribution < 1.29 is 9.90 Å². The molecule has 0 radical (unpaired) electrons. The molecule has 1 fully saturated rings. The minimum atomic E-state index is -0.879. The van der Waals surface area contributed by atoms with Crippen molar-refractivity contribution in [1.29, 1.82) is 0 Å². The van der Waals surface area contributed by atoms with E-state index in [4.69, 9.17) is 10.8 Å². The Morgan fingerprint density at radius 2 is 2.23 bits per heavy atom. The van der Waals surface area contributed by atoms with E-state index in [-0.39, 0.29) is 6.04 Å². The zero-order valence-electron chi connectivity index (χ0n) is 7.10. The normalized spacial score (nSPS) is 25.6. The standard InChI is InChI=1S/C10H11NO2/c11-9-5-8(9)6-2-1-3-7(4-6)10(12)13/h1-4,8-9H,5,11H2,(H,12,13)/t8-,9+/m1/s1. The molecule has 0 amide bonds. The molecule has 3 nitrogen and oxygen atoms in total. The molecular weight excluding hydrogens is 166 g/mol. The summed E-state index contributed by atoms with van der Waals surface area (Å²) in [6.45, 7) is 0. The van der Waals surface area contributed by atoms with Gasteiger partial charge < -0.3 is 10.8 Å². The van der Waals surface area contributed by atoms with Crippen molar-refractivity contribution in [1.82, 2.24) is 0 Å². The van der Waals surface area contributed by atoms with Crippen LogP contribution in [0.4, 0.5) is 0 Å². The number of rotatable bonds is 2. The van der Waals surface area contributed by atoms with Crippen molar-refractivity contribution in [2.75, 3.05) is 0 Å². The maximum atomic E-state index is 10.6. The van der Waals surface area contributed by atoms with Gasteiger partial charge in [-0.2, -0.15) is 0 Å². The number of benzene rings is 1. The third kappa shape index (κ3) is 1.55. The number of hydrogen-bond donors (Lipinski definition) is 2. The molecular formula is C10H11NO2. The van der Waals surface area contributed by atoms with Gasteiger partial charge in [0.1, 0.15) is 0 Å². The largest absolute Gasteiger partial charge is 0.478 e. The van der Waals surface area contributed by atoms with Gasteiger partial charge in [-0.15, -0.1) is 0 Å². The van der Waals surface area contributed by atoms with Crippen molar-refractivity contribution in [2.24, 2.45) is 5.73 Å². The lowest BCUT2D eigenvalue weighted by Crippen LogP contribution is -2.02. The summed E-state index contributed by atoms with van der Waals surface area (Å²) in [6, 6.07) is 7.23. The topological polar surface area (TPSA) is 63.3 Å². The lowest BCUT2D eigenvalue weighted by Gasteiger charge is -1.99. The molecule has 0 saturated heterocycles. The number of carboxylic acid groups (broad SMARTS) is 1. The van der Waals surface area contributed by atoms with Crippen LogP contribution in [0.3, 0.4) is 0 Å². The second kappa shape index (κ2) is 2.85. The molecule has 1 aliphatic carbocycles. The van der Waals surface area contributed by atoms with Gasteiger partial charge in [0.15, 0.2) is 0 Å². The van der Waals surface area contributed by atoms with E-state index >= 15 is 0 Å². The molecule has 0 unspecified atom stereocenters. The van der Waals surface area contributed by atoms with Crippen molar-refractivity contribution in [3.8, 4) is 0 Å². The maximum Gasteiger partial charge on any atom is 0.335 e. The Kier molecular flexibility index (Phi) is 1.81. The number of hydrogen-bond acceptors (Lipinski definition) is 2. The van der Waals surface area contributed by atoms with E-state index in [1.165, 1.54) is 0 Å². The third-order valence-electron chi connectivity index (χ3n) is 2.40. The van der Waals surface area contributed by atoms with Gasteiger partial charge in [-0.3, -0.25) is 0 Å². The van der Waals surface area contributed by atoms with Crippen LogP contribution in [0.1, 0.15) is 28.3 Å². The zero-order valence-corrected chi connectivity index (χ0v) is 7.10. The Hall–Kier alpha value is -1.35. The van der Waals surface area contributed by atoms with Gasteiger partial charge in [0.2, 0.25) is 0 Å². The molecule has 2 atom stereocenters. The third-order valence-corrected chi connectivity index (χ3v) is 2.40. The molecule has 1 aromatic carbocycles. The predicted octanol–water partition coefficient (Wildman–Crippen LogP) is 1.20. The number of nitrogens with two attached hydrogens (primary N) is 1. The Labute approximate surface area is 76.2 Å². The Morgan fingerprint density at radius 1 is 1.54 bits per heavy atom. The lowest BCUT2D eigenvalue weighted by atomic mass is 10.1. The fraction of sp³-hybridized carbons (Fsp3) is 0.300. The van der Waals surface area contributed by atoms with Crippen LogP contribution in [0.25, 0.3) is 0 Å². The van der Waals surface area contributed by atoms with Crippen LogP contribution in [0.15, 0.2) is 24.3 Å². The Bertz CT molecular complexity index is 349. The van der Waals surface area contributed by atoms with Crippen molar-refractivity contribution >= 4 is 5.97 Å². The molecule has 0 bridgehead atoms. The molecule has 0 heterocycles. The summed E-state index contributed by atoms with van der Waals surface area (Å²) in [5.74, 6) is -0.504.